The van der Waals surface area contributed by atoms with E-state index in [1.165, 1.54) is 17.7 Å². The van der Waals surface area contributed by atoms with Gasteiger partial charge in [-0.15, -0.1) is 0 Å². The summed E-state index contributed by atoms with van der Waals surface area (Å²) < 4.78 is 0. The fourth-order valence-corrected chi connectivity index (χ4v) is 1.97. The first-order chi connectivity index (χ1) is 6.31. The summed E-state index contributed by atoms with van der Waals surface area (Å²) in [4.78, 5) is 2.32. The first kappa shape index (κ1) is 8.42. The Morgan fingerprint density at radius 2 is 2.31 bits per heavy atom. The predicted octanol–water partition coefficient (Wildman–Crippen LogP) is 2.16. The molecule has 0 saturated carbocycles. The van der Waals surface area contributed by atoms with Crippen molar-refractivity contribution in [1.29, 1.82) is 0 Å². The van der Waals surface area contributed by atoms with Crippen LogP contribution in [-0.4, -0.2) is 18.2 Å². The van der Waals surface area contributed by atoms with Crippen molar-refractivity contribution in [3.63, 3.8) is 0 Å². The molecule has 0 bridgehead atoms. The lowest BCUT2D eigenvalue weighted by atomic mass is 10.0. The summed E-state index contributed by atoms with van der Waals surface area (Å²) in [5.41, 5.74) is 2.58. The Hall–Kier alpha value is -1.18. The summed E-state index contributed by atoms with van der Waals surface area (Å²) in [6, 6.07) is 5.68. The Labute approximate surface area is 78.8 Å². The van der Waals surface area contributed by atoms with Crippen LogP contribution in [0.4, 0.5) is 5.69 Å². The topological polar surface area (TPSA) is 23.5 Å². The number of benzene rings is 1. The summed E-state index contributed by atoms with van der Waals surface area (Å²) in [5, 5.41) is 9.37. The molecule has 0 saturated heterocycles. The lowest BCUT2D eigenvalue weighted by Gasteiger charge is -2.30. The number of fused-ring (bicyclic) bond motifs is 1. The molecule has 70 valence electrons. The van der Waals surface area contributed by atoms with Gasteiger partial charge in [-0.3, -0.25) is 0 Å². The molecular formula is C11H15NO. The maximum atomic E-state index is 9.37. The maximum Gasteiger partial charge on any atom is 0.117 e. The van der Waals surface area contributed by atoms with Crippen LogP contribution in [0.15, 0.2) is 18.2 Å². The Balaban J connectivity index is 2.41. The molecule has 1 N–H and O–H groups in total. The lowest BCUT2D eigenvalue weighted by Crippen LogP contribution is -2.28. The second kappa shape index (κ2) is 3.29. The van der Waals surface area contributed by atoms with Gasteiger partial charge in [-0.1, -0.05) is 6.07 Å². The molecule has 1 aliphatic heterocycles. The monoisotopic (exact) mass is 177 g/mol. The quantitative estimate of drug-likeness (QED) is 0.710. The van der Waals surface area contributed by atoms with Crippen molar-refractivity contribution in [2.45, 2.75) is 19.8 Å². The van der Waals surface area contributed by atoms with Gasteiger partial charge in [0.05, 0.1) is 0 Å². The summed E-state index contributed by atoms with van der Waals surface area (Å²) in [6.45, 7) is 4.29. The van der Waals surface area contributed by atoms with Gasteiger partial charge in [0.15, 0.2) is 0 Å². The minimum atomic E-state index is 0.374. The molecule has 0 aliphatic carbocycles. The highest BCUT2D eigenvalue weighted by Crippen LogP contribution is 2.29. The lowest BCUT2D eigenvalue weighted by molar-refractivity contribution is 0.474. The average molecular weight is 177 g/mol. The Morgan fingerprint density at radius 3 is 3.08 bits per heavy atom. The molecule has 0 atom stereocenters. The van der Waals surface area contributed by atoms with Crippen molar-refractivity contribution in [2.75, 3.05) is 18.0 Å². The molecule has 0 spiro atoms. The molecule has 1 aromatic carbocycles. The van der Waals surface area contributed by atoms with Crippen LogP contribution in [0.2, 0.25) is 0 Å². The van der Waals surface area contributed by atoms with Gasteiger partial charge in [-0.25, -0.2) is 0 Å². The number of rotatable bonds is 1. The molecule has 2 heteroatoms. The molecular weight excluding hydrogens is 162 g/mol. The highest BCUT2D eigenvalue weighted by atomic mass is 16.3. The van der Waals surface area contributed by atoms with Crippen LogP contribution < -0.4 is 4.90 Å². The van der Waals surface area contributed by atoms with Gasteiger partial charge in [0.25, 0.3) is 0 Å². The minimum Gasteiger partial charge on any atom is -0.508 e. The second-order valence-electron chi connectivity index (χ2n) is 3.50. The Kier molecular flexibility index (Phi) is 2.13. The van der Waals surface area contributed by atoms with E-state index in [-0.39, 0.29) is 0 Å². The van der Waals surface area contributed by atoms with E-state index in [4.69, 9.17) is 0 Å². The highest BCUT2D eigenvalue weighted by Gasteiger charge is 2.15. The van der Waals surface area contributed by atoms with E-state index in [1.54, 1.807) is 6.07 Å². The van der Waals surface area contributed by atoms with E-state index in [2.05, 4.69) is 11.8 Å². The van der Waals surface area contributed by atoms with Gasteiger partial charge in [0, 0.05) is 24.8 Å². The molecule has 2 rings (SSSR count). The molecule has 0 unspecified atom stereocenters. The van der Waals surface area contributed by atoms with Crippen molar-refractivity contribution >= 4 is 5.69 Å². The Bertz CT molecular complexity index is 309. The summed E-state index contributed by atoms with van der Waals surface area (Å²) in [6.07, 6.45) is 2.37. The molecule has 0 radical (unpaired) electrons. The molecule has 0 amide bonds. The molecule has 1 aromatic rings. The second-order valence-corrected chi connectivity index (χ2v) is 3.50. The van der Waals surface area contributed by atoms with Crippen LogP contribution >= 0.6 is 0 Å². The van der Waals surface area contributed by atoms with Crippen LogP contribution in [0.1, 0.15) is 18.9 Å². The van der Waals surface area contributed by atoms with E-state index in [0.717, 1.165) is 19.5 Å². The number of hydrogen-bond acceptors (Lipinski definition) is 2. The number of nitrogens with zero attached hydrogens (tertiary/aromatic N) is 1. The van der Waals surface area contributed by atoms with E-state index < -0.39 is 0 Å². The zero-order chi connectivity index (χ0) is 9.26. The molecule has 2 nitrogen and oxygen atoms in total. The number of phenols is 1. The first-order valence-corrected chi connectivity index (χ1v) is 4.88. The molecule has 1 aliphatic rings. The van der Waals surface area contributed by atoms with Gasteiger partial charge in [0.2, 0.25) is 0 Å². The van der Waals surface area contributed by atoms with Crippen LogP contribution in [0.3, 0.4) is 0 Å². The van der Waals surface area contributed by atoms with Crippen LogP contribution in [0.5, 0.6) is 5.75 Å². The van der Waals surface area contributed by atoms with Crippen molar-refractivity contribution < 1.29 is 5.11 Å². The molecule has 1 heterocycles. The number of hydrogen-bond donors (Lipinski definition) is 1. The maximum absolute atomic E-state index is 9.37. The highest BCUT2D eigenvalue weighted by molar-refractivity contribution is 5.58. The smallest absolute Gasteiger partial charge is 0.117 e. The first-order valence-electron chi connectivity index (χ1n) is 4.88. The van der Waals surface area contributed by atoms with E-state index in [9.17, 15) is 5.11 Å². The van der Waals surface area contributed by atoms with E-state index >= 15 is 0 Å². The van der Waals surface area contributed by atoms with Gasteiger partial charge < -0.3 is 10.0 Å². The van der Waals surface area contributed by atoms with E-state index in [1.807, 2.05) is 12.1 Å². The van der Waals surface area contributed by atoms with Crippen molar-refractivity contribution in [2.24, 2.45) is 0 Å². The van der Waals surface area contributed by atoms with Crippen molar-refractivity contribution in [3.8, 4) is 5.75 Å². The third-order valence-electron chi connectivity index (χ3n) is 2.67. The van der Waals surface area contributed by atoms with Crippen LogP contribution in [-0.2, 0) is 6.42 Å². The molecule has 0 aromatic heterocycles. The van der Waals surface area contributed by atoms with Gasteiger partial charge in [-0.05, 0) is 31.4 Å². The molecule has 13 heavy (non-hydrogen) atoms. The van der Waals surface area contributed by atoms with Crippen LogP contribution in [0, 0.1) is 0 Å². The fourth-order valence-electron chi connectivity index (χ4n) is 1.97. The van der Waals surface area contributed by atoms with Gasteiger partial charge in [-0.2, -0.15) is 0 Å². The fraction of sp³-hybridized carbons (Fsp3) is 0.455. The zero-order valence-corrected chi connectivity index (χ0v) is 7.95. The normalized spacial score (nSPS) is 15.6. The third kappa shape index (κ3) is 1.48. The standard InChI is InChI=1S/C11H15NO/c1-2-12-7-3-4-9-5-6-10(13)8-11(9)12/h5-6,8,13H,2-4,7H2,1H3. The SMILES string of the molecule is CCN1CCCc2ccc(O)cc21. The predicted molar refractivity (Wildman–Crippen MR) is 54.3 cm³/mol. The van der Waals surface area contributed by atoms with Gasteiger partial charge >= 0.3 is 0 Å². The number of anilines is 1. The van der Waals surface area contributed by atoms with Crippen LogP contribution in [0.25, 0.3) is 0 Å². The summed E-state index contributed by atoms with van der Waals surface area (Å²) in [7, 11) is 0. The third-order valence-corrected chi connectivity index (χ3v) is 2.67. The summed E-state index contributed by atoms with van der Waals surface area (Å²) >= 11 is 0. The molecule has 0 fully saturated rings. The summed E-state index contributed by atoms with van der Waals surface area (Å²) in [5.74, 6) is 0.374. The van der Waals surface area contributed by atoms with Crippen molar-refractivity contribution in [1.82, 2.24) is 0 Å². The number of phenolic OH excluding ortho intramolecular Hbond substituents is 1. The average Bonchev–Trinajstić information content (AvgIpc) is 2.17. The zero-order valence-electron chi connectivity index (χ0n) is 7.95. The largest absolute Gasteiger partial charge is 0.508 e. The number of aromatic hydroxyl groups is 1. The van der Waals surface area contributed by atoms with Gasteiger partial charge in [0.1, 0.15) is 5.75 Å². The van der Waals surface area contributed by atoms with E-state index in [0.29, 0.717) is 5.75 Å². The Morgan fingerprint density at radius 1 is 1.46 bits per heavy atom. The number of aryl methyl sites for hydroxylation is 1. The minimum absolute atomic E-state index is 0.374. The van der Waals surface area contributed by atoms with Crippen molar-refractivity contribution in [3.05, 3.63) is 23.8 Å².